The number of allylic oxidation sites excluding steroid dienone is 1. The van der Waals surface area contributed by atoms with Gasteiger partial charge in [0.05, 0.1) is 12.7 Å². The van der Waals surface area contributed by atoms with Gasteiger partial charge in [0.1, 0.15) is 0 Å². The van der Waals surface area contributed by atoms with Gasteiger partial charge < -0.3 is 10.1 Å². The second-order valence-electron chi connectivity index (χ2n) is 3.48. The molecule has 2 nitrogen and oxygen atoms in total. The molecule has 2 aliphatic heterocycles. The number of ether oxygens (including phenoxy) is 1. The van der Waals surface area contributed by atoms with E-state index in [2.05, 4.69) is 23.7 Å². The highest BCUT2D eigenvalue weighted by Crippen LogP contribution is 2.29. The average molecular weight is 185 g/mol. The second kappa shape index (κ2) is 3.81. The van der Waals surface area contributed by atoms with E-state index in [1.807, 2.05) is 11.8 Å². The van der Waals surface area contributed by atoms with E-state index in [0.29, 0.717) is 17.3 Å². The summed E-state index contributed by atoms with van der Waals surface area (Å²) in [4.78, 5) is 0. The van der Waals surface area contributed by atoms with E-state index in [0.717, 1.165) is 19.7 Å². The van der Waals surface area contributed by atoms with E-state index >= 15 is 0 Å². The lowest BCUT2D eigenvalue weighted by molar-refractivity contribution is 0.0175. The van der Waals surface area contributed by atoms with Crippen LogP contribution < -0.4 is 5.32 Å². The monoisotopic (exact) mass is 185 g/mol. The van der Waals surface area contributed by atoms with Gasteiger partial charge in [-0.15, -0.1) is 11.8 Å². The molecule has 2 atom stereocenters. The molecule has 0 aliphatic carbocycles. The largest absolute Gasteiger partial charge is 0.374 e. The summed E-state index contributed by atoms with van der Waals surface area (Å²) in [5.41, 5.74) is 0. The molecule has 2 aliphatic rings. The fourth-order valence-corrected chi connectivity index (χ4v) is 2.36. The predicted molar refractivity (Wildman–Crippen MR) is 52.3 cm³/mol. The molecule has 2 heterocycles. The Balaban J connectivity index is 1.66. The molecule has 0 aromatic heterocycles. The Morgan fingerprint density at radius 3 is 2.92 bits per heavy atom. The van der Waals surface area contributed by atoms with Gasteiger partial charge in [0, 0.05) is 18.3 Å². The third-order valence-corrected chi connectivity index (χ3v) is 3.69. The van der Waals surface area contributed by atoms with Crippen LogP contribution in [0.2, 0.25) is 0 Å². The van der Waals surface area contributed by atoms with E-state index in [9.17, 15) is 0 Å². The second-order valence-corrected chi connectivity index (χ2v) is 4.63. The molecule has 12 heavy (non-hydrogen) atoms. The number of hydrogen-bond acceptors (Lipinski definition) is 3. The first-order chi connectivity index (χ1) is 5.86. The Morgan fingerprint density at radius 2 is 2.42 bits per heavy atom. The molecule has 0 radical (unpaired) electrons. The van der Waals surface area contributed by atoms with Crippen LogP contribution in [-0.2, 0) is 4.74 Å². The molecule has 0 spiro atoms. The van der Waals surface area contributed by atoms with Crippen molar-refractivity contribution in [1.29, 1.82) is 0 Å². The lowest BCUT2D eigenvalue weighted by atomic mass is 10.1. The van der Waals surface area contributed by atoms with Crippen LogP contribution in [0, 0.1) is 5.92 Å². The first-order valence-corrected chi connectivity index (χ1v) is 5.45. The van der Waals surface area contributed by atoms with Crippen molar-refractivity contribution in [1.82, 2.24) is 5.32 Å². The van der Waals surface area contributed by atoms with Crippen molar-refractivity contribution in [3.63, 3.8) is 0 Å². The quantitative estimate of drug-likeness (QED) is 0.715. The molecule has 3 heteroatoms. The third kappa shape index (κ3) is 1.84. The first kappa shape index (κ1) is 8.60. The minimum absolute atomic E-state index is 0.485. The summed E-state index contributed by atoms with van der Waals surface area (Å²) in [7, 11) is 0. The smallest absolute Gasteiger partial charge is 0.0824 e. The zero-order valence-electron chi connectivity index (χ0n) is 7.32. The van der Waals surface area contributed by atoms with E-state index in [4.69, 9.17) is 4.74 Å². The fraction of sp³-hybridized carbons (Fsp3) is 0.778. The molecule has 0 bridgehead atoms. The van der Waals surface area contributed by atoms with Crippen LogP contribution in [0.3, 0.4) is 0 Å². The first-order valence-electron chi connectivity index (χ1n) is 4.50. The summed E-state index contributed by atoms with van der Waals surface area (Å²) in [6, 6.07) is 0. The van der Waals surface area contributed by atoms with Crippen molar-refractivity contribution in [3.05, 3.63) is 11.5 Å². The van der Waals surface area contributed by atoms with E-state index < -0.39 is 0 Å². The maximum Gasteiger partial charge on any atom is 0.0824 e. The SMILES string of the molecule is CC1C=CSC1COC1CNC1. The Labute approximate surface area is 77.7 Å². The van der Waals surface area contributed by atoms with Gasteiger partial charge in [0.2, 0.25) is 0 Å². The van der Waals surface area contributed by atoms with Crippen LogP contribution in [0.25, 0.3) is 0 Å². The summed E-state index contributed by atoms with van der Waals surface area (Å²) < 4.78 is 5.71. The van der Waals surface area contributed by atoms with E-state index in [1.165, 1.54) is 0 Å². The van der Waals surface area contributed by atoms with Gasteiger partial charge in [-0.2, -0.15) is 0 Å². The standard InChI is InChI=1S/C9H15NOS/c1-7-2-3-12-9(7)6-11-8-4-10-5-8/h2-3,7-10H,4-6H2,1H3. The third-order valence-electron chi connectivity index (χ3n) is 2.46. The van der Waals surface area contributed by atoms with Gasteiger partial charge in [0.15, 0.2) is 0 Å². The van der Waals surface area contributed by atoms with Crippen molar-refractivity contribution >= 4 is 11.8 Å². The topological polar surface area (TPSA) is 21.3 Å². The maximum absolute atomic E-state index is 5.71. The lowest BCUT2D eigenvalue weighted by Crippen LogP contribution is -2.49. The Bertz CT molecular complexity index is 179. The van der Waals surface area contributed by atoms with Gasteiger partial charge in [-0.3, -0.25) is 0 Å². The molecule has 2 rings (SSSR count). The van der Waals surface area contributed by atoms with Crippen LogP contribution in [0.4, 0.5) is 0 Å². The maximum atomic E-state index is 5.71. The fourth-order valence-electron chi connectivity index (χ4n) is 1.32. The van der Waals surface area contributed by atoms with Crippen LogP contribution in [0.5, 0.6) is 0 Å². The van der Waals surface area contributed by atoms with Crippen molar-refractivity contribution in [3.8, 4) is 0 Å². The van der Waals surface area contributed by atoms with Crippen LogP contribution in [0.15, 0.2) is 11.5 Å². The number of rotatable bonds is 3. The zero-order valence-corrected chi connectivity index (χ0v) is 8.14. The Kier molecular flexibility index (Phi) is 2.73. The zero-order chi connectivity index (χ0) is 8.39. The minimum Gasteiger partial charge on any atom is -0.374 e. The Morgan fingerprint density at radius 1 is 1.58 bits per heavy atom. The molecule has 68 valence electrons. The van der Waals surface area contributed by atoms with Gasteiger partial charge in [-0.1, -0.05) is 13.0 Å². The predicted octanol–water partition coefficient (Wildman–Crippen LogP) is 1.24. The van der Waals surface area contributed by atoms with E-state index in [-0.39, 0.29) is 0 Å². The van der Waals surface area contributed by atoms with Crippen molar-refractivity contribution in [2.24, 2.45) is 5.92 Å². The highest BCUT2D eigenvalue weighted by atomic mass is 32.2. The molecular formula is C9H15NOS. The molecule has 1 N–H and O–H groups in total. The normalized spacial score (nSPS) is 35.4. The summed E-state index contributed by atoms with van der Waals surface area (Å²) in [5, 5.41) is 6.05. The molecule has 0 aromatic carbocycles. The van der Waals surface area contributed by atoms with Crippen LogP contribution in [-0.4, -0.2) is 31.1 Å². The summed E-state index contributed by atoms with van der Waals surface area (Å²) in [6.07, 6.45) is 2.75. The average Bonchev–Trinajstić information content (AvgIpc) is 2.33. The summed E-state index contributed by atoms with van der Waals surface area (Å²) in [6.45, 7) is 5.24. The lowest BCUT2D eigenvalue weighted by Gasteiger charge is -2.28. The number of thioether (sulfide) groups is 1. The van der Waals surface area contributed by atoms with Crippen LogP contribution >= 0.6 is 11.8 Å². The molecule has 2 unspecified atom stereocenters. The number of hydrogen-bond donors (Lipinski definition) is 1. The van der Waals surface area contributed by atoms with Gasteiger partial charge in [-0.25, -0.2) is 0 Å². The molecule has 1 saturated heterocycles. The minimum atomic E-state index is 0.485. The Hall–Kier alpha value is 0.01000. The summed E-state index contributed by atoms with van der Waals surface area (Å²) in [5.74, 6) is 0.683. The van der Waals surface area contributed by atoms with Gasteiger partial charge in [0.25, 0.3) is 0 Å². The molecular weight excluding hydrogens is 170 g/mol. The molecule has 1 fully saturated rings. The van der Waals surface area contributed by atoms with Gasteiger partial charge in [-0.05, 0) is 11.3 Å². The van der Waals surface area contributed by atoms with Crippen molar-refractivity contribution in [2.75, 3.05) is 19.7 Å². The summed E-state index contributed by atoms with van der Waals surface area (Å²) >= 11 is 1.90. The molecule has 0 aromatic rings. The van der Waals surface area contributed by atoms with Gasteiger partial charge >= 0.3 is 0 Å². The highest BCUT2D eigenvalue weighted by Gasteiger charge is 2.23. The van der Waals surface area contributed by atoms with Crippen molar-refractivity contribution < 1.29 is 4.74 Å². The van der Waals surface area contributed by atoms with Crippen LogP contribution in [0.1, 0.15) is 6.92 Å². The van der Waals surface area contributed by atoms with E-state index in [1.54, 1.807) is 0 Å². The molecule has 0 amide bonds. The molecule has 0 saturated carbocycles. The van der Waals surface area contributed by atoms with Crippen molar-refractivity contribution in [2.45, 2.75) is 18.3 Å². The highest BCUT2D eigenvalue weighted by molar-refractivity contribution is 8.03. The number of nitrogens with one attached hydrogen (secondary N) is 1.